The molecule has 2 N–H and O–H groups in total. The van der Waals surface area contributed by atoms with Crippen LogP contribution < -0.4 is 5.73 Å². The zero-order valence-corrected chi connectivity index (χ0v) is 12.4. The fourth-order valence-electron chi connectivity index (χ4n) is 1.48. The van der Waals surface area contributed by atoms with Gasteiger partial charge in [-0.25, -0.2) is 13.4 Å². The van der Waals surface area contributed by atoms with E-state index in [-0.39, 0.29) is 23.3 Å². The van der Waals surface area contributed by atoms with E-state index >= 15 is 0 Å². The standard InChI is InChI=1S/C10H17ClN4O3S/c1-3-4-5-15(6-8(12)16)19(17,18)10-9(11)14(2)7-13-10/h7H,3-6H2,1-2H3,(H2,12,16). The van der Waals surface area contributed by atoms with Crippen LogP contribution in [0.15, 0.2) is 11.4 Å². The Morgan fingerprint density at radius 1 is 1.58 bits per heavy atom. The highest BCUT2D eigenvalue weighted by Gasteiger charge is 2.30. The third-order valence-electron chi connectivity index (χ3n) is 2.51. The molecule has 0 fully saturated rings. The van der Waals surface area contributed by atoms with Crippen molar-refractivity contribution in [2.75, 3.05) is 13.1 Å². The van der Waals surface area contributed by atoms with Crippen molar-refractivity contribution in [3.05, 3.63) is 11.5 Å². The van der Waals surface area contributed by atoms with E-state index in [1.807, 2.05) is 6.92 Å². The Bertz CT molecular complexity index is 555. The Labute approximate surface area is 117 Å². The molecule has 9 heteroatoms. The monoisotopic (exact) mass is 308 g/mol. The number of halogens is 1. The van der Waals surface area contributed by atoms with Crippen LogP contribution in [0.3, 0.4) is 0 Å². The Hall–Kier alpha value is -1.12. The van der Waals surface area contributed by atoms with Gasteiger partial charge in [-0.05, 0) is 6.42 Å². The largest absolute Gasteiger partial charge is 0.369 e. The molecule has 1 aromatic rings. The van der Waals surface area contributed by atoms with Gasteiger partial charge in [0.15, 0.2) is 0 Å². The normalized spacial score (nSPS) is 12.0. The first-order chi connectivity index (χ1) is 8.80. The van der Waals surface area contributed by atoms with Crippen molar-refractivity contribution in [2.45, 2.75) is 24.8 Å². The molecule has 0 unspecified atom stereocenters. The summed E-state index contributed by atoms with van der Waals surface area (Å²) in [5.74, 6) is -0.716. The molecule has 0 bridgehead atoms. The minimum Gasteiger partial charge on any atom is -0.369 e. The molecule has 0 radical (unpaired) electrons. The molecule has 108 valence electrons. The molecule has 1 amide bonds. The van der Waals surface area contributed by atoms with Crippen LogP contribution >= 0.6 is 11.6 Å². The van der Waals surface area contributed by atoms with Gasteiger partial charge in [-0.15, -0.1) is 0 Å². The topological polar surface area (TPSA) is 98.3 Å². The molecule has 0 atom stereocenters. The molecular formula is C10H17ClN4O3S. The van der Waals surface area contributed by atoms with Gasteiger partial charge in [0.05, 0.1) is 12.9 Å². The van der Waals surface area contributed by atoms with Crippen molar-refractivity contribution in [1.29, 1.82) is 0 Å². The van der Waals surface area contributed by atoms with Gasteiger partial charge in [0, 0.05) is 13.6 Å². The summed E-state index contributed by atoms with van der Waals surface area (Å²) in [6, 6.07) is 0. The maximum atomic E-state index is 12.4. The van der Waals surface area contributed by atoms with Crippen LogP contribution in [-0.4, -0.2) is 41.3 Å². The Morgan fingerprint density at radius 2 is 2.21 bits per heavy atom. The van der Waals surface area contributed by atoms with E-state index in [1.54, 1.807) is 7.05 Å². The second-order valence-corrected chi connectivity index (χ2v) is 6.32. The lowest BCUT2D eigenvalue weighted by molar-refractivity contribution is -0.118. The number of hydrogen-bond donors (Lipinski definition) is 1. The summed E-state index contributed by atoms with van der Waals surface area (Å²) in [4.78, 5) is 14.8. The zero-order valence-electron chi connectivity index (χ0n) is 10.8. The summed E-state index contributed by atoms with van der Waals surface area (Å²) >= 11 is 5.89. The average Bonchev–Trinajstić information content (AvgIpc) is 2.65. The SMILES string of the molecule is CCCCN(CC(N)=O)S(=O)(=O)c1ncn(C)c1Cl. The van der Waals surface area contributed by atoms with Crippen molar-refractivity contribution in [1.82, 2.24) is 13.9 Å². The number of sulfonamides is 1. The molecule has 0 spiro atoms. The zero-order chi connectivity index (χ0) is 14.6. The highest BCUT2D eigenvalue weighted by molar-refractivity contribution is 7.89. The molecule has 0 aliphatic carbocycles. The lowest BCUT2D eigenvalue weighted by Gasteiger charge is -2.19. The molecule has 0 saturated carbocycles. The molecule has 0 aliphatic heterocycles. The highest BCUT2D eigenvalue weighted by Crippen LogP contribution is 2.22. The summed E-state index contributed by atoms with van der Waals surface area (Å²) in [5, 5.41) is -0.250. The number of primary amides is 1. The summed E-state index contributed by atoms with van der Waals surface area (Å²) in [6.45, 7) is 1.74. The number of unbranched alkanes of at least 4 members (excludes halogenated alkanes) is 1. The third-order valence-corrected chi connectivity index (χ3v) is 4.85. The maximum absolute atomic E-state index is 12.4. The summed E-state index contributed by atoms with van der Waals surface area (Å²) in [7, 11) is -2.33. The number of imidazole rings is 1. The van der Waals surface area contributed by atoms with E-state index in [2.05, 4.69) is 4.98 Å². The van der Waals surface area contributed by atoms with Crippen LogP contribution in [-0.2, 0) is 21.9 Å². The molecule has 0 aromatic carbocycles. The van der Waals surface area contributed by atoms with E-state index in [0.29, 0.717) is 6.42 Å². The van der Waals surface area contributed by atoms with Gasteiger partial charge in [0.2, 0.25) is 10.9 Å². The Morgan fingerprint density at radius 3 is 2.63 bits per heavy atom. The highest BCUT2D eigenvalue weighted by atomic mass is 35.5. The maximum Gasteiger partial charge on any atom is 0.264 e. The Kier molecular flexibility index (Phi) is 5.33. The third kappa shape index (κ3) is 3.68. The van der Waals surface area contributed by atoms with E-state index in [0.717, 1.165) is 10.7 Å². The number of aromatic nitrogens is 2. The first-order valence-electron chi connectivity index (χ1n) is 5.76. The van der Waals surface area contributed by atoms with Crippen LogP contribution in [0, 0.1) is 0 Å². The van der Waals surface area contributed by atoms with E-state index in [4.69, 9.17) is 17.3 Å². The predicted octanol–water partition coefficient (Wildman–Crippen LogP) is 0.350. The summed E-state index contributed by atoms with van der Waals surface area (Å²) in [6.07, 6.45) is 2.72. The summed E-state index contributed by atoms with van der Waals surface area (Å²) < 4.78 is 27.1. The number of nitrogens with two attached hydrogens (primary N) is 1. The van der Waals surface area contributed by atoms with Crippen LogP contribution in [0.2, 0.25) is 5.15 Å². The Balaban J connectivity index is 3.11. The second-order valence-electron chi connectivity index (χ2n) is 4.11. The molecule has 0 saturated heterocycles. The second kappa shape index (κ2) is 6.36. The number of rotatable bonds is 7. The van der Waals surface area contributed by atoms with E-state index < -0.39 is 15.9 Å². The first-order valence-corrected chi connectivity index (χ1v) is 7.57. The number of carbonyl (C=O) groups excluding carboxylic acids is 1. The molecular weight excluding hydrogens is 292 g/mol. The molecule has 1 aromatic heterocycles. The number of carbonyl (C=O) groups is 1. The molecule has 19 heavy (non-hydrogen) atoms. The van der Waals surface area contributed by atoms with Crippen molar-refractivity contribution in [3.63, 3.8) is 0 Å². The van der Waals surface area contributed by atoms with Crippen molar-refractivity contribution < 1.29 is 13.2 Å². The van der Waals surface area contributed by atoms with Crippen LogP contribution in [0.4, 0.5) is 0 Å². The molecule has 1 heterocycles. The number of nitrogens with zero attached hydrogens (tertiary/aromatic N) is 3. The van der Waals surface area contributed by atoms with Gasteiger partial charge in [-0.2, -0.15) is 4.31 Å². The number of amides is 1. The van der Waals surface area contributed by atoms with Gasteiger partial charge in [-0.1, -0.05) is 24.9 Å². The van der Waals surface area contributed by atoms with Gasteiger partial charge >= 0.3 is 0 Å². The first kappa shape index (κ1) is 15.9. The quantitative estimate of drug-likeness (QED) is 0.785. The average molecular weight is 309 g/mol. The molecule has 1 rings (SSSR count). The minimum atomic E-state index is -3.91. The van der Waals surface area contributed by atoms with Crippen molar-refractivity contribution >= 4 is 27.5 Å². The molecule has 0 aliphatic rings. The fraction of sp³-hybridized carbons (Fsp3) is 0.600. The van der Waals surface area contributed by atoms with Crippen LogP contribution in [0.1, 0.15) is 19.8 Å². The minimum absolute atomic E-state index is 0.00553. The van der Waals surface area contributed by atoms with Gasteiger partial charge in [-0.3, -0.25) is 4.79 Å². The lowest BCUT2D eigenvalue weighted by Crippen LogP contribution is -2.39. The smallest absolute Gasteiger partial charge is 0.264 e. The predicted molar refractivity (Wildman–Crippen MR) is 71.1 cm³/mol. The van der Waals surface area contributed by atoms with Crippen molar-refractivity contribution in [3.8, 4) is 0 Å². The number of aryl methyl sites for hydroxylation is 1. The van der Waals surface area contributed by atoms with Gasteiger partial charge in [0.1, 0.15) is 5.15 Å². The van der Waals surface area contributed by atoms with Crippen molar-refractivity contribution in [2.24, 2.45) is 12.8 Å². The van der Waals surface area contributed by atoms with E-state index in [1.165, 1.54) is 10.9 Å². The van der Waals surface area contributed by atoms with E-state index in [9.17, 15) is 13.2 Å². The molecule has 7 nitrogen and oxygen atoms in total. The van der Waals surface area contributed by atoms with Crippen LogP contribution in [0.5, 0.6) is 0 Å². The van der Waals surface area contributed by atoms with Crippen LogP contribution in [0.25, 0.3) is 0 Å². The number of hydrogen-bond acceptors (Lipinski definition) is 4. The fourth-order valence-corrected chi connectivity index (χ4v) is 3.32. The van der Waals surface area contributed by atoms with Gasteiger partial charge < -0.3 is 10.3 Å². The summed E-state index contributed by atoms with van der Waals surface area (Å²) in [5.41, 5.74) is 5.08. The lowest BCUT2D eigenvalue weighted by atomic mass is 10.3. The van der Waals surface area contributed by atoms with Gasteiger partial charge in [0.25, 0.3) is 10.0 Å².